The zero-order chi connectivity index (χ0) is 14.0. The molecule has 2 N–H and O–H groups in total. The Hall–Kier alpha value is -2.43. The van der Waals surface area contributed by atoms with Crippen LogP contribution in [0.2, 0.25) is 0 Å². The van der Waals surface area contributed by atoms with Crippen LogP contribution in [-0.4, -0.2) is 13.0 Å². The lowest BCUT2D eigenvalue weighted by Crippen LogP contribution is -2.27. The first-order valence-corrected chi connectivity index (χ1v) is 5.57. The summed E-state index contributed by atoms with van der Waals surface area (Å²) in [7, 11) is 1.47. The van der Waals surface area contributed by atoms with Gasteiger partial charge in [0.2, 0.25) is 0 Å². The van der Waals surface area contributed by atoms with Crippen molar-refractivity contribution in [3.05, 3.63) is 59.7 Å². The second-order valence-electron chi connectivity index (χ2n) is 4.08. The van der Waals surface area contributed by atoms with Crippen LogP contribution in [0.15, 0.2) is 42.5 Å². The number of nitrogens with zero attached hydrogens (tertiary/aromatic N) is 1. The number of benzene rings is 2. The number of hydrogen-bond donors (Lipinski definition) is 1. The van der Waals surface area contributed by atoms with Crippen molar-refractivity contribution < 1.29 is 13.6 Å². The van der Waals surface area contributed by atoms with Crippen LogP contribution in [0.1, 0.15) is 10.4 Å². The van der Waals surface area contributed by atoms with Crippen LogP contribution in [-0.2, 0) is 0 Å². The topological polar surface area (TPSA) is 46.3 Å². The van der Waals surface area contributed by atoms with E-state index in [1.165, 1.54) is 11.9 Å². The first kappa shape index (κ1) is 13.0. The van der Waals surface area contributed by atoms with E-state index in [1.54, 1.807) is 24.3 Å². The number of anilines is 2. The van der Waals surface area contributed by atoms with Gasteiger partial charge in [-0.15, -0.1) is 0 Å². The molecule has 0 radical (unpaired) electrons. The summed E-state index contributed by atoms with van der Waals surface area (Å²) in [5.41, 5.74) is 6.29. The van der Waals surface area contributed by atoms with Gasteiger partial charge in [0.25, 0.3) is 5.91 Å². The average molecular weight is 262 g/mol. The molecule has 0 heterocycles. The predicted molar refractivity (Wildman–Crippen MR) is 69.9 cm³/mol. The van der Waals surface area contributed by atoms with Crippen molar-refractivity contribution in [3.8, 4) is 0 Å². The zero-order valence-electron chi connectivity index (χ0n) is 10.2. The fraction of sp³-hybridized carbons (Fsp3) is 0.0714. The van der Waals surface area contributed by atoms with E-state index in [-0.39, 0.29) is 5.56 Å². The molecule has 0 aliphatic rings. The van der Waals surface area contributed by atoms with Crippen molar-refractivity contribution in [3.63, 3.8) is 0 Å². The van der Waals surface area contributed by atoms with Gasteiger partial charge in [0, 0.05) is 18.4 Å². The van der Waals surface area contributed by atoms with E-state index < -0.39 is 17.5 Å². The molecule has 0 fully saturated rings. The Labute approximate surface area is 109 Å². The van der Waals surface area contributed by atoms with E-state index in [2.05, 4.69) is 0 Å². The minimum atomic E-state index is -0.762. The van der Waals surface area contributed by atoms with Gasteiger partial charge in [-0.3, -0.25) is 4.79 Å². The number of halogens is 2. The first-order valence-electron chi connectivity index (χ1n) is 5.57. The maximum atomic E-state index is 13.5. The van der Waals surface area contributed by atoms with Crippen molar-refractivity contribution in [2.24, 2.45) is 0 Å². The smallest absolute Gasteiger partial charge is 0.261 e. The highest BCUT2D eigenvalue weighted by molar-refractivity contribution is 6.06. The molecule has 0 aliphatic heterocycles. The molecule has 1 amide bonds. The molecule has 19 heavy (non-hydrogen) atoms. The molecule has 5 heteroatoms. The average Bonchev–Trinajstić information content (AvgIpc) is 2.40. The fourth-order valence-electron chi connectivity index (χ4n) is 1.69. The monoisotopic (exact) mass is 262 g/mol. The lowest BCUT2D eigenvalue weighted by molar-refractivity contribution is 0.0988. The molecule has 0 bridgehead atoms. The van der Waals surface area contributed by atoms with Crippen molar-refractivity contribution >= 4 is 17.3 Å². The summed E-state index contributed by atoms with van der Waals surface area (Å²) in [5, 5.41) is 0. The molecule has 0 saturated carbocycles. The van der Waals surface area contributed by atoms with Crippen LogP contribution in [0.3, 0.4) is 0 Å². The molecule has 0 spiro atoms. The van der Waals surface area contributed by atoms with Gasteiger partial charge in [0.05, 0.1) is 5.56 Å². The molecule has 0 atom stereocenters. The van der Waals surface area contributed by atoms with Crippen molar-refractivity contribution in [1.29, 1.82) is 0 Å². The van der Waals surface area contributed by atoms with Crippen LogP contribution >= 0.6 is 0 Å². The first-order chi connectivity index (χ1) is 8.99. The number of amides is 1. The zero-order valence-corrected chi connectivity index (χ0v) is 10.2. The van der Waals surface area contributed by atoms with Crippen molar-refractivity contribution in [1.82, 2.24) is 0 Å². The predicted octanol–water partition coefficient (Wildman–Crippen LogP) is 2.82. The molecule has 0 aromatic heterocycles. The number of nitrogens with two attached hydrogens (primary N) is 1. The molecule has 2 rings (SSSR count). The number of rotatable bonds is 2. The van der Waals surface area contributed by atoms with Gasteiger partial charge in [-0.25, -0.2) is 8.78 Å². The Balaban J connectivity index is 2.36. The van der Waals surface area contributed by atoms with Gasteiger partial charge >= 0.3 is 0 Å². The Morgan fingerprint density at radius 1 is 1.16 bits per heavy atom. The van der Waals surface area contributed by atoms with Gasteiger partial charge < -0.3 is 10.6 Å². The Morgan fingerprint density at radius 2 is 1.89 bits per heavy atom. The number of carbonyl (C=O) groups excluding carboxylic acids is 1. The van der Waals surface area contributed by atoms with E-state index in [9.17, 15) is 13.6 Å². The summed E-state index contributed by atoms with van der Waals surface area (Å²) < 4.78 is 26.6. The highest BCUT2D eigenvalue weighted by Gasteiger charge is 2.18. The molecule has 2 aromatic carbocycles. The fourth-order valence-corrected chi connectivity index (χ4v) is 1.69. The lowest BCUT2D eigenvalue weighted by atomic mass is 10.1. The van der Waals surface area contributed by atoms with Gasteiger partial charge in [0.1, 0.15) is 11.6 Å². The quantitative estimate of drug-likeness (QED) is 0.846. The summed E-state index contributed by atoms with van der Waals surface area (Å²) in [4.78, 5) is 13.3. The van der Waals surface area contributed by atoms with E-state index in [4.69, 9.17) is 5.73 Å². The van der Waals surface area contributed by atoms with E-state index in [1.807, 2.05) is 0 Å². The Morgan fingerprint density at radius 3 is 2.58 bits per heavy atom. The summed E-state index contributed by atoms with van der Waals surface area (Å²) in [6.45, 7) is 0. The third-order valence-corrected chi connectivity index (χ3v) is 2.72. The number of hydrogen-bond acceptors (Lipinski definition) is 2. The van der Waals surface area contributed by atoms with Crippen LogP contribution < -0.4 is 10.6 Å². The normalized spacial score (nSPS) is 10.3. The van der Waals surface area contributed by atoms with E-state index >= 15 is 0 Å². The number of carbonyl (C=O) groups is 1. The molecule has 98 valence electrons. The Bertz CT molecular complexity index is 629. The maximum absolute atomic E-state index is 13.5. The summed E-state index contributed by atoms with van der Waals surface area (Å²) in [6, 6.07) is 9.35. The van der Waals surface area contributed by atoms with Crippen LogP contribution in [0, 0.1) is 11.6 Å². The Kier molecular flexibility index (Phi) is 3.46. The van der Waals surface area contributed by atoms with Crippen LogP contribution in [0.4, 0.5) is 20.2 Å². The molecule has 0 aliphatic carbocycles. The molecular formula is C14H12F2N2O. The highest BCUT2D eigenvalue weighted by atomic mass is 19.1. The van der Waals surface area contributed by atoms with Gasteiger partial charge in [-0.2, -0.15) is 0 Å². The van der Waals surface area contributed by atoms with E-state index in [0.717, 1.165) is 18.2 Å². The van der Waals surface area contributed by atoms with Crippen molar-refractivity contribution in [2.45, 2.75) is 0 Å². The third kappa shape index (κ3) is 2.70. The van der Waals surface area contributed by atoms with Gasteiger partial charge in [-0.05, 0) is 36.4 Å². The molecule has 2 aromatic rings. The number of nitrogen functional groups attached to an aromatic ring is 1. The minimum Gasteiger partial charge on any atom is -0.399 e. The van der Waals surface area contributed by atoms with Gasteiger partial charge in [0.15, 0.2) is 0 Å². The second-order valence-corrected chi connectivity index (χ2v) is 4.08. The third-order valence-electron chi connectivity index (χ3n) is 2.72. The highest BCUT2D eigenvalue weighted by Crippen LogP contribution is 2.20. The summed E-state index contributed by atoms with van der Waals surface area (Å²) in [5.74, 6) is -2.06. The molecule has 3 nitrogen and oxygen atoms in total. The largest absolute Gasteiger partial charge is 0.399 e. The maximum Gasteiger partial charge on any atom is 0.261 e. The van der Waals surface area contributed by atoms with Gasteiger partial charge in [-0.1, -0.05) is 6.07 Å². The molecule has 0 unspecified atom stereocenters. The van der Waals surface area contributed by atoms with Crippen LogP contribution in [0.5, 0.6) is 0 Å². The SMILES string of the molecule is CN(C(=O)c1cc(F)ccc1F)c1cccc(N)c1. The second kappa shape index (κ2) is 5.06. The molecule has 0 saturated heterocycles. The summed E-state index contributed by atoms with van der Waals surface area (Å²) >= 11 is 0. The van der Waals surface area contributed by atoms with E-state index in [0.29, 0.717) is 11.4 Å². The molecular weight excluding hydrogens is 250 g/mol. The standard InChI is InChI=1S/C14H12F2N2O/c1-18(11-4-2-3-10(17)8-11)14(19)12-7-9(15)5-6-13(12)16/h2-8H,17H2,1H3. The lowest BCUT2D eigenvalue weighted by Gasteiger charge is -2.18. The summed E-state index contributed by atoms with van der Waals surface area (Å²) in [6.07, 6.45) is 0. The minimum absolute atomic E-state index is 0.315. The van der Waals surface area contributed by atoms with Crippen LogP contribution in [0.25, 0.3) is 0 Å². The van der Waals surface area contributed by atoms with Crippen molar-refractivity contribution in [2.75, 3.05) is 17.7 Å².